The fourth-order valence-corrected chi connectivity index (χ4v) is 3.18. The van der Waals surface area contributed by atoms with Crippen LogP contribution in [0.25, 0.3) is 0 Å². The van der Waals surface area contributed by atoms with Crippen molar-refractivity contribution in [2.75, 3.05) is 31.7 Å². The Morgan fingerprint density at radius 2 is 2.14 bits per heavy atom. The minimum atomic E-state index is -0.0777. The number of ether oxygens (including phenoxy) is 2. The molecule has 6 heteroatoms. The minimum absolute atomic E-state index is 0.0742. The summed E-state index contributed by atoms with van der Waals surface area (Å²) in [4.78, 5) is 11.9. The molecule has 1 saturated heterocycles. The van der Waals surface area contributed by atoms with Crippen molar-refractivity contribution in [3.8, 4) is 11.5 Å². The molecule has 2 atom stereocenters. The third-order valence-corrected chi connectivity index (χ3v) is 4.54. The molecule has 1 fully saturated rings. The molecular weight excluding hydrogens is 300 g/mol. The van der Waals surface area contributed by atoms with E-state index in [9.17, 15) is 4.79 Å². The molecule has 1 aliphatic rings. The highest BCUT2D eigenvalue weighted by Crippen LogP contribution is 2.18. The van der Waals surface area contributed by atoms with Gasteiger partial charge in [0.1, 0.15) is 17.6 Å². The maximum absolute atomic E-state index is 11.9. The third-order valence-electron chi connectivity index (χ3n) is 3.41. The van der Waals surface area contributed by atoms with Gasteiger partial charge in [-0.05, 0) is 31.2 Å². The van der Waals surface area contributed by atoms with E-state index >= 15 is 0 Å². The summed E-state index contributed by atoms with van der Waals surface area (Å²) in [6.45, 7) is 3.43. The van der Waals surface area contributed by atoms with Crippen molar-refractivity contribution in [2.45, 2.75) is 25.5 Å². The van der Waals surface area contributed by atoms with Crippen LogP contribution < -0.4 is 20.1 Å². The number of hydrogen-bond acceptors (Lipinski definition) is 5. The largest absolute Gasteiger partial charge is 0.497 e. The molecule has 1 aromatic rings. The molecule has 2 unspecified atom stereocenters. The van der Waals surface area contributed by atoms with Gasteiger partial charge in [0.2, 0.25) is 5.91 Å². The topological polar surface area (TPSA) is 59.6 Å². The molecule has 22 heavy (non-hydrogen) atoms. The molecule has 0 aliphatic carbocycles. The Bertz CT molecular complexity index is 461. The molecule has 1 aromatic carbocycles. The number of carbonyl (C=O) groups is 1. The average Bonchev–Trinajstić information content (AvgIpc) is 2.55. The first-order chi connectivity index (χ1) is 10.7. The van der Waals surface area contributed by atoms with Gasteiger partial charge in [0, 0.05) is 30.5 Å². The summed E-state index contributed by atoms with van der Waals surface area (Å²) in [6.07, 6.45) is 0.452. The van der Waals surface area contributed by atoms with Gasteiger partial charge in [0.15, 0.2) is 0 Å². The van der Waals surface area contributed by atoms with Crippen LogP contribution in [0, 0.1) is 0 Å². The zero-order valence-electron chi connectivity index (χ0n) is 13.1. The van der Waals surface area contributed by atoms with Crippen molar-refractivity contribution < 1.29 is 14.3 Å². The predicted octanol–water partition coefficient (Wildman–Crippen LogP) is 1.67. The number of thioether (sulfide) groups is 1. The van der Waals surface area contributed by atoms with Gasteiger partial charge >= 0.3 is 0 Å². The van der Waals surface area contributed by atoms with E-state index in [0.29, 0.717) is 13.0 Å². The third kappa shape index (κ3) is 5.77. The maximum Gasteiger partial charge on any atom is 0.221 e. The lowest BCUT2D eigenvalue weighted by atomic mass is 10.2. The molecule has 0 bridgehead atoms. The second-order valence-corrected chi connectivity index (χ2v) is 6.49. The van der Waals surface area contributed by atoms with Crippen LogP contribution in [0.2, 0.25) is 0 Å². The Balaban J connectivity index is 1.67. The molecule has 2 N–H and O–H groups in total. The highest BCUT2D eigenvalue weighted by Gasteiger charge is 2.17. The molecule has 122 valence electrons. The Morgan fingerprint density at radius 1 is 1.41 bits per heavy atom. The number of nitrogens with one attached hydrogen (secondary N) is 2. The first kappa shape index (κ1) is 17.0. The molecule has 1 aliphatic heterocycles. The fraction of sp³-hybridized carbons (Fsp3) is 0.562. The molecule has 1 amide bonds. The van der Waals surface area contributed by atoms with Crippen molar-refractivity contribution >= 4 is 17.7 Å². The Kier molecular flexibility index (Phi) is 6.86. The highest BCUT2D eigenvalue weighted by atomic mass is 32.2. The number of rotatable bonds is 7. The number of carbonyl (C=O) groups excluding carboxylic acids is 1. The van der Waals surface area contributed by atoms with E-state index in [0.717, 1.165) is 29.5 Å². The zero-order chi connectivity index (χ0) is 15.8. The molecule has 0 spiro atoms. The monoisotopic (exact) mass is 324 g/mol. The summed E-state index contributed by atoms with van der Waals surface area (Å²) >= 11 is 1.90. The van der Waals surface area contributed by atoms with Gasteiger partial charge < -0.3 is 20.1 Å². The van der Waals surface area contributed by atoms with E-state index in [2.05, 4.69) is 10.6 Å². The lowest BCUT2D eigenvalue weighted by Crippen LogP contribution is -2.42. The van der Waals surface area contributed by atoms with Gasteiger partial charge in [-0.25, -0.2) is 0 Å². The van der Waals surface area contributed by atoms with Gasteiger partial charge in [0.05, 0.1) is 13.7 Å². The van der Waals surface area contributed by atoms with Crippen LogP contribution in [-0.2, 0) is 4.79 Å². The Labute approximate surface area is 136 Å². The van der Waals surface area contributed by atoms with Crippen LogP contribution in [-0.4, -0.2) is 49.8 Å². The minimum Gasteiger partial charge on any atom is -0.497 e. The molecule has 0 radical (unpaired) electrons. The van der Waals surface area contributed by atoms with Gasteiger partial charge in [-0.1, -0.05) is 0 Å². The van der Waals surface area contributed by atoms with Crippen molar-refractivity contribution in [3.63, 3.8) is 0 Å². The number of amides is 1. The predicted molar refractivity (Wildman–Crippen MR) is 89.8 cm³/mol. The molecule has 0 saturated carbocycles. The van der Waals surface area contributed by atoms with Crippen molar-refractivity contribution in [1.82, 2.24) is 10.6 Å². The quantitative estimate of drug-likeness (QED) is 0.799. The van der Waals surface area contributed by atoms with Crippen LogP contribution in [0.5, 0.6) is 11.5 Å². The van der Waals surface area contributed by atoms with Gasteiger partial charge in [-0.2, -0.15) is 11.8 Å². The zero-order valence-corrected chi connectivity index (χ0v) is 13.9. The Morgan fingerprint density at radius 3 is 2.77 bits per heavy atom. The summed E-state index contributed by atoms with van der Waals surface area (Å²) in [5, 5.41) is 6.30. The fourth-order valence-electron chi connectivity index (χ4n) is 2.23. The first-order valence-electron chi connectivity index (χ1n) is 7.56. The number of benzene rings is 1. The standard InChI is InChI=1S/C16H24N2O3S/c1-12(21-15-5-3-14(20-2)4-6-15)10-18-16(19)9-13-11-22-8-7-17-13/h3-6,12-13,17H,7-11H2,1-2H3,(H,18,19). The molecule has 1 heterocycles. The van der Waals surface area contributed by atoms with Crippen molar-refractivity contribution in [3.05, 3.63) is 24.3 Å². The van der Waals surface area contributed by atoms with E-state index in [-0.39, 0.29) is 18.1 Å². The van der Waals surface area contributed by atoms with Gasteiger partial charge in [-0.15, -0.1) is 0 Å². The van der Waals surface area contributed by atoms with Crippen LogP contribution >= 0.6 is 11.8 Å². The lowest BCUT2D eigenvalue weighted by Gasteiger charge is -2.23. The lowest BCUT2D eigenvalue weighted by molar-refractivity contribution is -0.121. The number of methoxy groups -OCH3 is 1. The maximum atomic E-state index is 11.9. The van der Waals surface area contributed by atoms with Gasteiger partial charge in [0.25, 0.3) is 0 Å². The SMILES string of the molecule is COc1ccc(OC(C)CNC(=O)CC2CSCCN2)cc1. The van der Waals surface area contributed by atoms with E-state index in [1.165, 1.54) is 0 Å². The van der Waals surface area contributed by atoms with E-state index in [4.69, 9.17) is 9.47 Å². The molecular formula is C16H24N2O3S. The normalized spacial score (nSPS) is 19.3. The first-order valence-corrected chi connectivity index (χ1v) is 8.71. The van der Waals surface area contributed by atoms with Crippen LogP contribution in [0.15, 0.2) is 24.3 Å². The second kappa shape index (κ2) is 8.90. The van der Waals surface area contributed by atoms with Crippen LogP contribution in [0.4, 0.5) is 0 Å². The van der Waals surface area contributed by atoms with E-state index < -0.39 is 0 Å². The molecule has 5 nitrogen and oxygen atoms in total. The van der Waals surface area contributed by atoms with Crippen LogP contribution in [0.3, 0.4) is 0 Å². The van der Waals surface area contributed by atoms with E-state index in [1.54, 1.807) is 7.11 Å². The second-order valence-electron chi connectivity index (χ2n) is 5.34. The summed E-state index contributed by atoms with van der Waals surface area (Å²) in [6, 6.07) is 7.72. The van der Waals surface area contributed by atoms with Gasteiger partial charge in [-0.3, -0.25) is 4.79 Å². The van der Waals surface area contributed by atoms with Crippen molar-refractivity contribution in [1.29, 1.82) is 0 Å². The van der Waals surface area contributed by atoms with Crippen LogP contribution in [0.1, 0.15) is 13.3 Å². The summed E-state index contributed by atoms with van der Waals surface area (Å²) < 4.78 is 10.9. The highest BCUT2D eigenvalue weighted by molar-refractivity contribution is 7.99. The Hall–Kier alpha value is -1.40. The smallest absolute Gasteiger partial charge is 0.221 e. The van der Waals surface area contributed by atoms with Crippen molar-refractivity contribution in [2.24, 2.45) is 0 Å². The molecule has 2 rings (SSSR count). The molecule has 0 aromatic heterocycles. The van der Waals surface area contributed by atoms with E-state index in [1.807, 2.05) is 43.0 Å². The summed E-state index contributed by atoms with van der Waals surface area (Å²) in [7, 11) is 1.63. The summed E-state index contributed by atoms with van der Waals surface area (Å²) in [5.74, 6) is 3.78. The average molecular weight is 324 g/mol. The summed E-state index contributed by atoms with van der Waals surface area (Å²) in [5.41, 5.74) is 0. The number of hydrogen-bond donors (Lipinski definition) is 2.